The number of benzene rings is 1. The molecule has 3 aromatic rings. The quantitative estimate of drug-likeness (QED) is 0.599. The SMILES string of the molecule is O=C(C1CC1)N1CCC(c2nc(-c3ccc(Cl)cc3)ncc2-c2ccncc2)CC1. The third-order valence-electron chi connectivity index (χ3n) is 6.03. The average molecular weight is 419 g/mol. The summed E-state index contributed by atoms with van der Waals surface area (Å²) in [5.74, 6) is 1.62. The molecule has 1 aromatic carbocycles. The molecule has 30 heavy (non-hydrogen) atoms. The molecule has 5 rings (SSSR count). The minimum absolute atomic E-state index is 0.282. The van der Waals surface area contributed by atoms with Crippen LogP contribution in [0.25, 0.3) is 22.5 Å². The van der Waals surface area contributed by atoms with Crippen molar-refractivity contribution in [3.8, 4) is 22.5 Å². The molecular formula is C24H23ClN4O. The highest BCUT2D eigenvalue weighted by Gasteiger charge is 2.35. The van der Waals surface area contributed by atoms with Gasteiger partial charge in [0.25, 0.3) is 0 Å². The van der Waals surface area contributed by atoms with Crippen LogP contribution in [0.5, 0.6) is 0 Å². The number of carbonyl (C=O) groups is 1. The maximum Gasteiger partial charge on any atom is 0.225 e. The molecule has 0 spiro atoms. The van der Waals surface area contributed by atoms with Crippen LogP contribution < -0.4 is 0 Å². The first kappa shape index (κ1) is 19.2. The van der Waals surface area contributed by atoms with Crippen LogP contribution in [0.2, 0.25) is 5.02 Å². The van der Waals surface area contributed by atoms with Gasteiger partial charge in [0.2, 0.25) is 5.91 Å². The predicted molar refractivity (Wildman–Crippen MR) is 117 cm³/mol. The normalized spacial score (nSPS) is 17.2. The highest BCUT2D eigenvalue weighted by molar-refractivity contribution is 6.30. The first-order chi connectivity index (χ1) is 14.7. The number of hydrogen-bond donors (Lipinski definition) is 0. The third kappa shape index (κ3) is 3.94. The summed E-state index contributed by atoms with van der Waals surface area (Å²) in [5, 5.41) is 0.695. The minimum atomic E-state index is 0.282. The first-order valence-electron chi connectivity index (χ1n) is 10.5. The number of aromatic nitrogens is 3. The second kappa shape index (κ2) is 8.15. The molecule has 0 bridgehead atoms. The molecule has 6 heteroatoms. The molecule has 1 saturated carbocycles. The topological polar surface area (TPSA) is 59.0 Å². The summed E-state index contributed by atoms with van der Waals surface area (Å²) in [4.78, 5) is 28.3. The fraction of sp³-hybridized carbons (Fsp3) is 0.333. The molecule has 0 N–H and O–H groups in total. The Hall–Kier alpha value is -2.79. The lowest BCUT2D eigenvalue weighted by atomic mass is 9.88. The zero-order valence-electron chi connectivity index (χ0n) is 16.7. The van der Waals surface area contributed by atoms with Gasteiger partial charge in [0.05, 0.1) is 5.69 Å². The molecule has 0 atom stereocenters. The van der Waals surface area contributed by atoms with Crippen molar-refractivity contribution >= 4 is 17.5 Å². The van der Waals surface area contributed by atoms with Gasteiger partial charge in [-0.3, -0.25) is 9.78 Å². The second-order valence-electron chi connectivity index (χ2n) is 8.11. The van der Waals surface area contributed by atoms with E-state index in [1.54, 1.807) is 12.4 Å². The van der Waals surface area contributed by atoms with Gasteiger partial charge in [-0.25, -0.2) is 9.97 Å². The van der Waals surface area contributed by atoms with E-state index in [1.807, 2.05) is 47.5 Å². The number of piperidine rings is 1. The van der Waals surface area contributed by atoms with Crippen LogP contribution in [0.4, 0.5) is 0 Å². The van der Waals surface area contributed by atoms with Crippen molar-refractivity contribution in [1.29, 1.82) is 0 Å². The van der Waals surface area contributed by atoms with Gasteiger partial charge < -0.3 is 4.90 Å². The highest BCUT2D eigenvalue weighted by atomic mass is 35.5. The van der Waals surface area contributed by atoms with Crippen molar-refractivity contribution in [1.82, 2.24) is 19.9 Å². The molecule has 0 unspecified atom stereocenters. The molecule has 1 saturated heterocycles. The maximum absolute atomic E-state index is 12.4. The zero-order valence-corrected chi connectivity index (χ0v) is 17.4. The van der Waals surface area contributed by atoms with Gasteiger partial charge in [-0.1, -0.05) is 11.6 Å². The highest BCUT2D eigenvalue weighted by Crippen LogP contribution is 2.37. The minimum Gasteiger partial charge on any atom is -0.342 e. The standard InChI is InChI=1S/C24H23ClN4O/c25-20-5-3-18(4-6-20)23-27-15-21(16-7-11-26-12-8-16)22(28-23)17-9-13-29(14-10-17)24(30)19-1-2-19/h3-8,11-12,15,17,19H,1-2,9-10,13-14H2. The molecule has 1 aliphatic carbocycles. The Morgan fingerprint density at radius 1 is 0.933 bits per heavy atom. The smallest absolute Gasteiger partial charge is 0.225 e. The van der Waals surface area contributed by atoms with E-state index in [1.165, 1.54) is 0 Å². The average Bonchev–Trinajstić information content (AvgIpc) is 3.65. The lowest BCUT2D eigenvalue weighted by Crippen LogP contribution is -2.39. The van der Waals surface area contributed by atoms with Crippen molar-refractivity contribution in [2.24, 2.45) is 5.92 Å². The van der Waals surface area contributed by atoms with E-state index in [4.69, 9.17) is 16.6 Å². The van der Waals surface area contributed by atoms with Crippen LogP contribution in [0.1, 0.15) is 37.3 Å². The lowest BCUT2D eigenvalue weighted by Gasteiger charge is -2.32. The largest absolute Gasteiger partial charge is 0.342 e. The Morgan fingerprint density at radius 2 is 1.63 bits per heavy atom. The molecule has 2 fully saturated rings. The fourth-order valence-corrected chi connectivity index (χ4v) is 4.29. The summed E-state index contributed by atoms with van der Waals surface area (Å²) in [7, 11) is 0. The van der Waals surface area contributed by atoms with Crippen molar-refractivity contribution in [2.45, 2.75) is 31.6 Å². The molecule has 5 nitrogen and oxygen atoms in total. The van der Waals surface area contributed by atoms with E-state index in [0.29, 0.717) is 22.7 Å². The zero-order chi connectivity index (χ0) is 20.5. The third-order valence-corrected chi connectivity index (χ3v) is 6.28. The number of hydrogen-bond acceptors (Lipinski definition) is 4. The van der Waals surface area contributed by atoms with Crippen LogP contribution in [-0.4, -0.2) is 38.8 Å². The molecule has 3 heterocycles. The number of amides is 1. The van der Waals surface area contributed by atoms with Gasteiger partial charge in [0, 0.05) is 59.7 Å². The van der Waals surface area contributed by atoms with E-state index in [2.05, 4.69) is 9.97 Å². The number of nitrogens with zero attached hydrogens (tertiary/aromatic N) is 4. The van der Waals surface area contributed by atoms with Crippen molar-refractivity contribution in [3.63, 3.8) is 0 Å². The van der Waals surface area contributed by atoms with Crippen molar-refractivity contribution < 1.29 is 4.79 Å². The Labute approximate surface area is 181 Å². The molecule has 2 aliphatic rings. The van der Waals surface area contributed by atoms with Crippen LogP contribution >= 0.6 is 11.6 Å². The Bertz CT molecular complexity index is 1040. The number of rotatable bonds is 4. The summed E-state index contributed by atoms with van der Waals surface area (Å²) in [5.41, 5.74) is 4.11. The molecule has 0 radical (unpaired) electrons. The van der Waals surface area contributed by atoms with E-state index < -0.39 is 0 Å². The number of likely N-dealkylation sites (tertiary alicyclic amines) is 1. The van der Waals surface area contributed by atoms with Gasteiger partial charge in [-0.15, -0.1) is 0 Å². The van der Waals surface area contributed by atoms with Crippen molar-refractivity contribution in [2.75, 3.05) is 13.1 Å². The maximum atomic E-state index is 12.4. The second-order valence-corrected chi connectivity index (χ2v) is 8.55. The first-order valence-corrected chi connectivity index (χ1v) is 10.9. The fourth-order valence-electron chi connectivity index (χ4n) is 4.16. The van der Waals surface area contributed by atoms with E-state index in [9.17, 15) is 4.79 Å². The summed E-state index contributed by atoms with van der Waals surface area (Å²) in [6.45, 7) is 1.60. The van der Waals surface area contributed by atoms with Crippen LogP contribution in [0.15, 0.2) is 55.0 Å². The Morgan fingerprint density at radius 3 is 2.30 bits per heavy atom. The molecule has 1 aliphatic heterocycles. The number of halogens is 1. The number of pyridine rings is 1. The van der Waals surface area contributed by atoms with E-state index in [-0.39, 0.29) is 5.92 Å². The van der Waals surface area contributed by atoms with Crippen LogP contribution in [0, 0.1) is 5.92 Å². The molecule has 2 aromatic heterocycles. The summed E-state index contributed by atoms with van der Waals surface area (Å²) < 4.78 is 0. The monoisotopic (exact) mass is 418 g/mol. The lowest BCUT2D eigenvalue weighted by molar-refractivity contribution is -0.133. The van der Waals surface area contributed by atoms with Gasteiger partial charge >= 0.3 is 0 Å². The van der Waals surface area contributed by atoms with Gasteiger partial charge in [-0.2, -0.15) is 0 Å². The number of carbonyl (C=O) groups excluding carboxylic acids is 1. The molecule has 1 amide bonds. The van der Waals surface area contributed by atoms with Crippen LogP contribution in [-0.2, 0) is 4.79 Å². The van der Waals surface area contributed by atoms with E-state index in [0.717, 1.165) is 61.2 Å². The molecular weight excluding hydrogens is 396 g/mol. The Kier molecular flexibility index (Phi) is 5.21. The summed E-state index contributed by atoms with van der Waals surface area (Å²) in [6.07, 6.45) is 9.47. The predicted octanol–water partition coefficient (Wildman–Crippen LogP) is 4.98. The van der Waals surface area contributed by atoms with Gasteiger partial charge in [0.15, 0.2) is 5.82 Å². The van der Waals surface area contributed by atoms with Crippen molar-refractivity contribution in [3.05, 3.63) is 65.7 Å². The van der Waals surface area contributed by atoms with Gasteiger partial charge in [0.1, 0.15) is 0 Å². The Balaban J connectivity index is 1.47. The molecule has 152 valence electrons. The van der Waals surface area contributed by atoms with Crippen LogP contribution in [0.3, 0.4) is 0 Å². The summed E-state index contributed by atoms with van der Waals surface area (Å²) >= 11 is 6.04. The van der Waals surface area contributed by atoms with E-state index >= 15 is 0 Å². The van der Waals surface area contributed by atoms with Gasteiger partial charge in [-0.05, 0) is 67.6 Å². The summed E-state index contributed by atoms with van der Waals surface area (Å²) in [6, 6.07) is 11.6.